The highest BCUT2D eigenvalue weighted by Crippen LogP contribution is 2.35. The van der Waals surface area contributed by atoms with Crippen LogP contribution in [0.3, 0.4) is 0 Å². The van der Waals surface area contributed by atoms with Gasteiger partial charge in [0.05, 0.1) is 19.1 Å². The topological polar surface area (TPSA) is 78.3 Å². The Labute approximate surface area is 133 Å². The van der Waals surface area contributed by atoms with E-state index in [1.807, 2.05) is 19.1 Å². The molecule has 23 heavy (non-hydrogen) atoms. The largest absolute Gasteiger partial charge is 0.490 e. The second-order valence-corrected chi connectivity index (χ2v) is 4.93. The van der Waals surface area contributed by atoms with Crippen LogP contribution in [0.25, 0.3) is 0 Å². The normalized spacial score (nSPS) is 16.2. The van der Waals surface area contributed by atoms with Crippen molar-refractivity contribution >= 4 is 11.9 Å². The van der Waals surface area contributed by atoms with Gasteiger partial charge in [0.25, 0.3) is 0 Å². The predicted octanol–water partition coefficient (Wildman–Crippen LogP) is 1.62. The van der Waals surface area contributed by atoms with Crippen LogP contribution in [0.4, 0.5) is 5.95 Å². The number of anilines is 1. The van der Waals surface area contributed by atoms with Gasteiger partial charge in [0, 0.05) is 0 Å². The summed E-state index contributed by atoms with van der Waals surface area (Å²) in [6, 6.07) is 5.29. The van der Waals surface area contributed by atoms with Crippen LogP contribution in [0.1, 0.15) is 24.9 Å². The lowest BCUT2D eigenvalue weighted by Crippen LogP contribution is -2.29. The maximum atomic E-state index is 11.9. The van der Waals surface area contributed by atoms with E-state index < -0.39 is 0 Å². The Morgan fingerprint density at radius 3 is 3.09 bits per heavy atom. The third kappa shape index (κ3) is 2.97. The minimum Gasteiger partial charge on any atom is -0.490 e. The van der Waals surface area contributed by atoms with Crippen molar-refractivity contribution in [3.05, 3.63) is 30.1 Å². The van der Waals surface area contributed by atoms with E-state index in [1.165, 1.54) is 6.33 Å². The minimum absolute atomic E-state index is 0.0962. The van der Waals surface area contributed by atoms with Crippen LogP contribution in [0.2, 0.25) is 0 Å². The van der Waals surface area contributed by atoms with E-state index in [-0.39, 0.29) is 25.0 Å². The highest BCUT2D eigenvalue weighted by molar-refractivity contribution is 5.91. The van der Waals surface area contributed by atoms with E-state index in [1.54, 1.807) is 10.7 Å². The molecule has 118 valence electrons. The maximum absolute atomic E-state index is 11.9. The number of fused-ring (bicyclic) bond motifs is 1. The number of benzene rings is 1. The molecule has 0 saturated heterocycles. The average molecular weight is 312 g/mol. The van der Waals surface area contributed by atoms with Crippen molar-refractivity contribution in [3.63, 3.8) is 0 Å². The molecular formula is C16H16N4O3. The Bertz CT molecular complexity index is 763. The van der Waals surface area contributed by atoms with Gasteiger partial charge in [-0.2, -0.15) is 10.1 Å². The first-order valence-corrected chi connectivity index (χ1v) is 7.25. The van der Waals surface area contributed by atoms with E-state index in [2.05, 4.69) is 21.3 Å². The van der Waals surface area contributed by atoms with Gasteiger partial charge in [-0.15, -0.1) is 6.42 Å². The van der Waals surface area contributed by atoms with Crippen LogP contribution in [-0.4, -0.2) is 33.9 Å². The molecule has 1 amide bonds. The van der Waals surface area contributed by atoms with Gasteiger partial charge in [-0.25, -0.2) is 4.68 Å². The van der Waals surface area contributed by atoms with Gasteiger partial charge in [-0.05, 0) is 24.6 Å². The smallest absolute Gasteiger partial charge is 0.229 e. The van der Waals surface area contributed by atoms with Gasteiger partial charge in [-0.3, -0.25) is 10.1 Å². The molecule has 0 unspecified atom stereocenters. The van der Waals surface area contributed by atoms with Crippen molar-refractivity contribution < 1.29 is 14.3 Å². The number of hydrogen-bond donors (Lipinski definition) is 1. The van der Waals surface area contributed by atoms with Crippen LogP contribution in [0.5, 0.6) is 11.5 Å². The van der Waals surface area contributed by atoms with Gasteiger partial charge in [0.2, 0.25) is 11.9 Å². The monoisotopic (exact) mass is 312 g/mol. The predicted molar refractivity (Wildman–Crippen MR) is 83.3 cm³/mol. The number of aromatic nitrogens is 3. The SMILES string of the molecule is C#CCOc1ccc([C@@H]2CC(=O)Nc3ncnn32)cc1OCC. The molecule has 1 aromatic heterocycles. The molecule has 0 aliphatic carbocycles. The fraction of sp³-hybridized carbons (Fsp3) is 0.312. The molecule has 0 fully saturated rings. The highest BCUT2D eigenvalue weighted by Gasteiger charge is 2.28. The number of nitrogens with zero attached hydrogens (tertiary/aromatic N) is 3. The molecule has 0 radical (unpaired) electrons. The first-order valence-electron chi connectivity index (χ1n) is 7.25. The third-order valence-corrected chi connectivity index (χ3v) is 3.46. The summed E-state index contributed by atoms with van der Waals surface area (Å²) in [5.74, 6) is 3.94. The van der Waals surface area contributed by atoms with Gasteiger partial charge < -0.3 is 9.47 Å². The van der Waals surface area contributed by atoms with Crippen LogP contribution in [0.15, 0.2) is 24.5 Å². The number of ether oxygens (including phenoxy) is 2. The molecule has 1 aromatic carbocycles. The van der Waals surface area contributed by atoms with E-state index >= 15 is 0 Å². The van der Waals surface area contributed by atoms with Gasteiger partial charge >= 0.3 is 0 Å². The van der Waals surface area contributed by atoms with E-state index in [0.717, 1.165) is 5.56 Å². The van der Waals surface area contributed by atoms with Crippen LogP contribution in [-0.2, 0) is 4.79 Å². The molecule has 1 N–H and O–H groups in total. The number of carbonyl (C=O) groups is 1. The first-order chi connectivity index (χ1) is 11.2. The van der Waals surface area contributed by atoms with E-state index in [0.29, 0.717) is 24.1 Å². The van der Waals surface area contributed by atoms with Crippen molar-refractivity contribution in [1.29, 1.82) is 0 Å². The fourth-order valence-electron chi connectivity index (χ4n) is 2.50. The Morgan fingerprint density at radius 1 is 1.43 bits per heavy atom. The molecule has 2 heterocycles. The molecule has 0 bridgehead atoms. The highest BCUT2D eigenvalue weighted by atomic mass is 16.5. The zero-order chi connectivity index (χ0) is 16.2. The van der Waals surface area contributed by atoms with Crippen molar-refractivity contribution in [1.82, 2.24) is 14.8 Å². The standard InChI is InChI=1S/C16H16N4O3/c1-3-7-23-13-6-5-11(8-14(13)22-4-2)12-9-15(21)19-16-17-10-18-20(12)16/h1,5-6,8,10,12H,4,7,9H2,2H3,(H,17,18,19,21)/t12-/m0/s1. The molecule has 3 rings (SSSR count). The molecule has 7 heteroatoms. The van der Waals surface area contributed by atoms with E-state index in [9.17, 15) is 4.79 Å². The minimum atomic E-state index is -0.234. The molecule has 1 aliphatic rings. The summed E-state index contributed by atoms with van der Waals surface area (Å²) >= 11 is 0. The summed E-state index contributed by atoms with van der Waals surface area (Å²) in [5.41, 5.74) is 0.892. The van der Waals surface area contributed by atoms with Gasteiger partial charge in [-0.1, -0.05) is 12.0 Å². The number of rotatable bonds is 5. The number of hydrogen-bond acceptors (Lipinski definition) is 5. The Balaban J connectivity index is 1.96. The lowest BCUT2D eigenvalue weighted by atomic mass is 10.0. The molecule has 1 atom stereocenters. The summed E-state index contributed by atoms with van der Waals surface area (Å²) in [6.07, 6.45) is 6.93. The molecule has 1 aliphatic heterocycles. The van der Waals surface area contributed by atoms with Crippen molar-refractivity contribution in [2.75, 3.05) is 18.5 Å². The van der Waals surface area contributed by atoms with Gasteiger partial charge in [0.1, 0.15) is 12.9 Å². The molecule has 2 aromatic rings. The van der Waals surface area contributed by atoms with Crippen LogP contribution >= 0.6 is 0 Å². The van der Waals surface area contributed by atoms with Crippen LogP contribution < -0.4 is 14.8 Å². The number of amides is 1. The second-order valence-electron chi connectivity index (χ2n) is 4.93. The lowest BCUT2D eigenvalue weighted by molar-refractivity contribution is -0.117. The summed E-state index contributed by atoms with van der Waals surface area (Å²) in [7, 11) is 0. The first kappa shape index (κ1) is 14.9. The third-order valence-electron chi connectivity index (χ3n) is 3.46. The Morgan fingerprint density at radius 2 is 2.30 bits per heavy atom. The zero-order valence-electron chi connectivity index (χ0n) is 12.7. The molecular weight excluding hydrogens is 296 g/mol. The molecule has 7 nitrogen and oxygen atoms in total. The average Bonchev–Trinajstić information content (AvgIpc) is 3.01. The summed E-state index contributed by atoms with van der Waals surface area (Å²) in [4.78, 5) is 15.9. The lowest BCUT2D eigenvalue weighted by Gasteiger charge is -2.24. The summed E-state index contributed by atoms with van der Waals surface area (Å²) in [5, 5.41) is 6.88. The van der Waals surface area contributed by atoms with Crippen molar-refractivity contribution in [2.24, 2.45) is 0 Å². The maximum Gasteiger partial charge on any atom is 0.229 e. The second kappa shape index (κ2) is 6.40. The molecule has 0 spiro atoms. The Hall–Kier alpha value is -3.01. The summed E-state index contributed by atoms with van der Waals surface area (Å²) in [6.45, 7) is 2.55. The van der Waals surface area contributed by atoms with Crippen molar-refractivity contribution in [3.8, 4) is 23.8 Å². The van der Waals surface area contributed by atoms with Crippen LogP contribution in [0, 0.1) is 12.3 Å². The number of nitrogens with one attached hydrogen (secondary N) is 1. The van der Waals surface area contributed by atoms with Crippen molar-refractivity contribution in [2.45, 2.75) is 19.4 Å². The quantitative estimate of drug-likeness (QED) is 0.849. The Kier molecular flexibility index (Phi) is 4.15. The number of carbonyl (C=O) groups excluding carboxylic acids is 1. The fourth-order valence-corrected chi connectivity index (χ4v) is 2.50. The zero-order valence-corrected chi connectivity index (χ0v) is 12.7. The summed E-state index contributed by atoms with van der Waals surface area (Å²) < 4.78 is 12.8. The van der Waals surface area contributed by atoms with E-state index in [4.69, 9.17) is 15.9 Å². The number of terminal acetylenes is 1. The van der Waals surface area contributed by atoms with Gasteiger partial charge in [0.15, 0.2) is 11.5 Å². The molecule has 0 saturated carbocycles.